The Morgan fingerprint density at radius 1 is 1.24 bits per heavy atom. The van der Waals surface area contributed by atoms with Crippen LogP contribution in [-0.4, -0.2) is 14.5 Å². The van der Waals surface area contributed by atoms with Crippen molar-refractivity contribution in [1.82, 2.24) is 14.5 Å². The minimum Gasteiger partial charge on any atom is -0.327 e. The molecular formula is C17H18FN3. The highest BCUT2D eigenvalue weighted by molar-refractivity contribution is 5.80. The number of fused-ring (bicyclic) bond motifs is 1. The lowest BCUT2D eigenvalue weighted by molar-refractivity contribution is 0.628. The highest BCUT2D eigenvalue weighted by Crippen LogP contribution is 2.26. The Morgan fingerprint density at radius 2 is 1.95 bits per heavy atom. The average molecular weight is 283 g/mol. The van der Waals surface area contributed by atoms with Crippen LogP contribution in [0.5, 0.6) is 0 Å². The van der Waals surface area contributed by atoms with Gasteiger partial charge in [-0.15, -0.1) is 0 Å². The van der Waals surface area contributed by atoms with Crippen molar-refractivity contribution in [2.45, 2.75) is 26.2 Å². The van der Waals surface area contributed by atoms with E-state index >= 15 is 0 Å². The van der Waals surface area contributed by atoms with E-state index in [4.69, 9.17) is 4.98 Å². The van der Waals surface area contributed by atoms with E-state index in [0.717, 1.165) is 34.5 Å². The number of halogens is 1. The Bertz CT molecular complexity index is 775. The van der Waals surface area contributed by atoms with Gasteiger partial charge in [0.15, 0.2) is 5.65 Å². The highest BCUT2D eigenvalue weighted by Gasteiger charge is 2.12. The van der Waals surface area contributed by atoms with E-state index in [-0.39, 0.29) is 5.82 Å². The quantitative estimate of drug-likeness (QED) is 0.718. The van der Waals surface area contributed by atoms with Gasteiger partial charge in [0.2, 0.25) is 0 Å². The standard InChI is InChI=1S/C17H18FN3/c1-4-11(2)15-10-19-17-14(20-15)9-16(21(17)3)12-5-7-13(18)8-6-12/h5-11H,4H2,1-3H3. The molecular weight excluding hydrogens is 265 g/mol. The van der Waals surface area contributed by atoms with Crippen molar-refractivity contribution in [2.75, 3.05) is 0 Å². The SMILES string of the molecule is CCC(C)c1cnc2c(cc(-c3ccc(F)cc3)n2C)n1. The van der Waals surface area contributed by atoms with Crippen molar-refractivity contribution < 1.29 is 4.39 Å². The molecule has 1 atom stereocenters. The topological polar surface area (TPSA) is 30.7 Å². The van der Waals surface area contributed by atoms with Crippen LogP contribution >= 0.6 is 0 Å². The van der Waals surface area contributed by atoms with Crippen LogP contribution in [0.25, 0.3) is 22.4 Å². The molecule has 0 saturated heterocycles. The molecule has 3 rings (SSSR count). The smallest absolute Gasteiger partial charge is 0.158 e. The monoisotopic (exact) mass is 283 g/mol. The van der Waals surface area contributed by atoms with E-state index in [1.54, 1.807) is 12.1 Å². The van der Waals surface area contributed by atoms with Crippen molar-refractivity contribution in [3.8, 4) is 11.3 Å². The first-order chi connectivity index (χ1) is 10.1. The number of aryl methyl sites for hydroxylation is 1. The Kier molecular flexibility index (Phi) is 3.45. The molecule has 2 aromatic heterocycles. The Balaban J connectivity index is 2.12. The molecule has 0 N–H and O–H groups in total. The zero-order chi connectivity index (χ0) is 15.0. The van der Waals surface area contributed by atoms with E-state index in [9.17, 15) is 4.39 Å². The third-order valence-electron chi connectivity index (χ3n) is 4.01. The van der Waals surface area contributed by atoms with Gasteiger partial charge in [-0.25, -0.2) is 14.4 Å². The van der Waals surface area contributed by atoms with Gasteiger partial charge >= 0.3 is 0 Å². The van der Waals surface area contributed by atoms with Crippen LogP contribution in [0.15, 0.2) is 36.5 Å². The molecule has 0 fully saturated rings. The lowest BCUT2D eigenvalue weighted by atomic mass is 10.1. The van der Waals surface area contributed by atoms with E-state index in [2.05, 4.69) is 18.8 Å². The van der Waals surface area contributed by atoms with Gasteiger partial charge in [0.05, 0.1) is 17.6 Å². The molecule has 1 aromatic carbocycles. The molecule has 1 unspecified atom stereocenters. The summed E-state index contributed by atoms with van der Waals surface area (Å²) < 4.78 is 15.1. The van der Waals surface area contributed by atoms with E-state index in [1.807, 2.05) is 23.9 Å². The average Bonchev–Trinajstić information content (AvgIpc) is 2.84. The van der Waals surface area contributed by atoms with Crippen LogP contribution in [-0.2, 0) is 7.05 Å². The molecule has 108 valence electrons. The Labute approximate surface area is 123 Å². The minimum absolute atomic E-state index is 0.229. The number of hydrogen-bond acceptors (Lipinski definition) is 2. The molecule has 4 heteroatoms. The maximum absolute atomic E-state index is 13.1. The first-order valence-electron chi connectivity index (χ1n) is 7.18. The second kappa shape index (κ2) is 5.28. The summed E-state index contributed by atoms with van der Waals surface area (Å²) >= 11 is 0. The molecule has 0 saturated carbocycles. The van der Waals surface area contributed by atoms with Crippen molar-refractivity contribution in [1.29, 1.82) is 0 Å². The highest BCUT2D eigenvalue weighted by atomic mass is 19.1. The predicted octanol–water partition coefficient (Wildman–Crippen LogP) is 4.29. The van der Waals surface area contributed by atoms with Gasteiger partial charge in [0.25, 0.3) is 0 Å². The van der Waals surface area contributed by atoms with Gasteiger partial charge in [-0.1, -0.05) is 13.8 Å². The second-order valence-corrected chi connectivity index (χ2v) is 5.41. The summed E-state index contributed by atoms with van der Waals surface area (Å²) in [7, 11) is 1.96. The lowest BCUT2D eigenvalue weighted by Gasteiger charge is -2.07. The van der Waals surface area contributed by atoms with Crippen molar-refractivity contribution in [2.24, 2.45) is 7.05 Å². The van der Waals surface area contributed by atoms with Gasteiger partial charge < -0.3 is 4.57 Å². The summed E-state index contributed by atoms with van der Waals surface area (Å²) in [6, 6.07) is 8.51. The summed E-state index contributed by atoms with van der Waals surface area (Å²) in [5.41, 5.74) is 4.70. The van der Waals surface area contributed by atoms with Gasteiger partial charge in [-0.05, 0) is 48.2 Å². The summed E-state index contributed by atoms with van der Waals surface area (Å²) in [6.45, 7) is 4.30. The van der Waals surface area contributed by atoms with Crippen LogP contribution in [0.1, 0.15) is 31.9 Å². The van der Waals surface area contributed by atoms with Crippen LogP contribution in [0.3, 0.4) is 0 Å². The fraction of sp³-hybridized carbons (Fsp3) is 0.294. The van der Waals surface area contributed by atoms with E-state index < -0.39 is 0 Å². The van der Waals surface area contributed by atoms with Crippen molar-refractivity contribution >= 4 is 11.2 Å². The Morgan fingerprint density at radius 3 is 2.62 bits per heavy atom. The summed E-state index contributed by atoms with van der Waals surface area (Å²) in [4.78, 5) is 9.25. The molecule has 0 aliphatic heterocycles. The fourth-order valence-corrected chi connectivity index (χ4v) is 2.45. The van der Waals surface area contributed by atoms with Crippen molar-refractivity contribution in [3.63, 3.8) is 0 Å². The van der Waals surface area contributed by atoms with Gasteiger partial charge in [-0.3, -0.25) is 0 Å². The van der Waals surface area contributed by atoms with E-state index in [1.165, 1.54) is 12.1 Å². The fourth-order valence-electron chi connectivity index (χ4n) is 2.45. The van der Waals surface area contributed by atoms with Gasteiger partial charge in [-0.2, -0.15) is 0 Å². The van der Waals surface area contributed by atoms with Crippen molar-refractivity contribution in [3.05, 3.63) is 48.0 Å². The number of rotatable bonds is 3. The molecule has 0 spiro atoms. The van der Waals surface area contributed by atoms with Crippen LogP contribution in [0.4, 0.5) is 4.39 Å². The molecule has 0 radical (unpaired) electrons. The molecule has 2 heterocycles. The number of nitrogens with zero attached hydrogens (tertiary/aromatic N) is 3. The lowest BCUT2D eigenvalue weighted by Crippen LogP contribution is -1.98. The van der Waals surface area contributed by atoms with Gasteiger partial charge in [0, 0.05) is 7.05 Å². The maximum Gasteiger partial charge on any atom is 0.158 e. The molecule has 21 heavy (non-hydrogen) atoms. The first kappa shape index (κ1) is 13.7. The number of hydrogen-bond donors (Lipinski definition) is 0. The zero-order valence-corrected chi connectivity index (χ0v) is 12.5. The third kappa shape index (κ3) is 2.42. The molecule has 0 amide bonds. The normalized spacial score (nSPS) is 12.8. The van der Waals surface area contributed by atoms with Crippen LogP contribution in [0, 0.1) is 5.82 Å². The summed E-state index contributed by atoms with van der Waals surface area (Å²) in [5.74, 6) is 0.171. The number of aromatic nitrogens is 3. The summed E-state index contributed by atoms with van der Waals surface area (Å²) in [6.07, 6.45) is 2.89. The number of benzene rings is 1. The van der Waals surface area contributed by atoms with Crippen LogP contribution < -0.4 is 0 Å². The zero-order valence-electron chi connectivity index (χ0n) is 12.5. The molecule has 3 nitrogen and oxygen atoms in total. The molecule has 3 aromatic rings. The predicted molar refractivity (Wildman–Crippen MR) is 82.6 cm³/mol. The van der Waals surface area contributed by atoms with Gasteiger partial charge in [0.1, 0.15) is 11.3 Å². The van der Waals surface area contributed by atoms with Crippen LogP contribution in [0.2, 0.25) is 0 Å². The first-order valence-corrected chi connectivity index (χ1v) is 7.18. The molecule has 0 aliphatic rings. The Hall–Kier alpha value is -2.23. The second-order valence-electron chi connectivity index (χ2n) is 5.41. The third-order valence-corrected chi connectivity index (χ3v) is 4.01. The largest absolute Gasteiger partial charge is 0.327 e. The maximum atomic E-state index is 13.1. The molecule has 0 aliphatic carbocycles. The summed E-state index contributed by atoms with van der Waals surface area (Å²) in [5, 5.41) is 0. The van der Waals surface area contributed by atoms with E-state index in [0.29, 0.717) is 5.92 Å². The minimum atomic E-state index is -0.229. The molecule has 0 bridgehead atoms.